The van der Waals surface area contributed by atoms with Gasteiger partial charge in [0, 0.05) is 29.2 Å². The standard InChI is InChI=1S/C28H23N3O/c1-19-14-15-31-18-26(29-27(31)16-19)24-9-8-20(2)25(17-24)30-28(32)23-12-10-22(11-13-23)21-6-4-3-5-7-21/h3-18H,1-2H3,(H,30,32). The minimum atomic E-state index is -0.129. The molecule has 4 heteroatoms. The number of rotatable bonds is 4. The molecule has 1 N–H and O–H groups in total. The maximum absolute atomic E-state index is 12.9. The summed E-state index contributed by atoms with van der Waals surface area (Å²) < 4.78 is 2.01. The first kappa shape index (κ1) is 19.8. The van der Waals surface area contributed by atoms with Gasteiger partial charge in [-0.05, 0) is 66.4 Å². The maximum atomic E-state index is 12.9. The quantitative estimate of drug-likeness (QED) is 0.361. The molecule has 156 valence electrons. The zero-order chi connectivity index (χ0) is 22.1. The fourth-order valence-electron chi connectivity index (χ4n) is 3.78. The highest BCUT2D eigenvalue weighted by Gasteiger charge is 2.11. The van der Waals surface area contributed by atoms with Gasteiger partial charge in [-0.2, -0.15) is 0 Å². The largest absolute Gasteiger partial charge is 0.322 e. The summed E-state index contributed by atoms with van der Waals surface area (Å²) in [5.74, 6) is -0.129. The number of benzene rings is 3. The number of aromatic nitrogens is 2. The molecule has 0 saturated heterocycles. The zero-order valence-corrected chi connectivity index (χ0v) is 18.0. The summed E-state index contributed by atoms with van der Waals surface area (Å²) in [7, 11) is 0. The molecule has 0 unspecified atom stereocenters. The van der Waals surface area contributed by atoms with Crippen LogP contribution in [0.25, 0.3) is 28.0 Å². The van der Waals surface area contributed by atoms with Gasteiger partial charge in [-0.1, -0.05) is 54.6 Å². The molecule has 1 amide bonds. The lowest BCUT2D eigenvalue weighted by molar-refractivity contribution is 0.102. The van der Waals surface area contributed by atoms with Crippen LogP contribution in [0.1, 0.15) is 21.5 Å². The number of nitrogens with zero attached hydrogens (tertiary/aromatic N) is 2. The van der Waals surface area contributed by atoms with Gasteiger partial charge >= 0.3 is 0 Å². The Kier molecular flexibility index (Phi) is 5.04. The number of hydrogen-bond donors (Lipinski definition) is 1. The van der Waals surface area contributed by atoms with E-state index in [1.54, 1.807) is 0 Å². The molecule has 2 aromatic heterocycles. The normalized spacial score (nSPS) is 10.9. The third kappa shape index (κ3) is 3.91. The molecule has 0 fully saturated rings. The van der Waals surface area contributed by atoms with E-state index < -0.39 is 0 Å². The van der Waals surface area contributed by atoms with Crippen LogP contribution in [0.2, 0.25) is 0 Å². The molecule has 5 rings (SSSR count). The molecule has 0 aliphatic heterocycles. The number of nitrogens with one attached hydrogen (secondary N) is 1. The monoisotopic (exact) mass is 417 g/mol. The summed E-state index contributed by atoms with van der Waals surface area (Å²) in [4.78, 5) is 17.7. The van der Waals surface area contributed by atoms with Crippen LogP contribution in [-0.2, 0) is 0 Å². The second-order valence-electron chi connectivity index (χ2n) is 8.02. The van der Waals surface area contributed by atoms with Gasteiger partial charge in [0.05, 0.1) is 5.69 Å². The van der Waals surface area contributed by atoms with Gasteiger partial charge in [0.25, 0.3) is 5.91 Å². The minimum absolute atomic E-state index is 0.129. The molecule has 0 radical (unpaired) electrons. The highest BCUT2D eigenvalue weighted by molar-refractivity contribution is 6.05. The molecule has 0 spiro atoms. The minimum Gasteiger partial charge on any atom is -0.322 e. The molecule has 0 aliphatic rings. The van der Waals surface area contributed by atoms with E-state index in [2.05, 4.69) is 36.5 Å². The van der Waals surface area contributed by atoms with Gasteiger partial charge in [0.1, 0.15) is 5.65 Å². The molecule has 32 heavy (non-hydrogen) atoms. The van der Waals surface area contributed by atoms with E-state index in [4.69, 9.17) is 4.98 Å². The summed E-state index contributed by atoms with van der Waals surface area (Å²) in [5, 5.41) is 3.07. The highest BCUT2D eigenvalue weighted by atomic mass is 16.1. The first-order chi connectivity index (χ1) is 15.6. The maximum Gasteiger partial charge on any atom is 0.255 e. The third-order valence-corrected chi connectivity index (χ3v) is 5.65. The number of fused-ring (bicyclic) bond motifs is 1. The van der Waals surface area contributed by atoms with E-state index in [0.717, 1.165) is 39.3 Å². The van der Waals surface area contributed by atoms with Crippen LogP contribution in [0.5, 0.6) is 0 Å². The molecule has 3 aromatic carbocycles. The van der Waals surface area contributed by atoms with Crippen LogP contribution in [-0.4, -0.2) is 15.3 Å². The lowest BCUT2D eigenvalue weighted by Gasteiger charge is -2.11. The summed E-state index contributed by atoms with van der Waals surface area (Å²) in [6, 6.07) is 28.0. The molecule has 4 nitrogen and oxygen atoms in total. The number of hydrogen-bond acceptors (Lipinski definition) is 2. The molecular weight excluding hydrogens is 394 g/mol. The Morgan fingerprint density at radius 1 is 0.812 bits per heavy atom. The van der Waals surface area contributed by atoms with E-state index in [0.29, 0.717) is 5.56 Å². The first-order valence-electron chi connectivity index (χ1n) is 10.6. The molecule has 5 aromatic rings. The van der Waals surface area contributed by atoms with Crippen molar-refractivity contribution in [3.8, 4) is 22.4 Å². The number of anilines is 1. The van der Waals surface area contributed by atoms with Gasteiger partial charge in [-0.15, -0.1) is 0 Å². The predicted molar refractivity (Wildman–Crippen MR) is 130 cm³/mol. The highest BCUT2D eigenvalue weighted by Crippen LogP contribution is 2.26. The summed E-state index contributed by atoms with van der Waals surface area (Å²) in [5.41, 5.74) is 8.54. The zero-order valence-electron chi connectivity index (χ0n) is 18.0. The van der Waals surface area contributed by atoms with Crippen molar-refractivity contribution in [3.63, 3.8) is 0 Å². The fourth-order valence-corrected chi connectivity index (χ4v) is 3.78. The third-order valence-electron chi connectivity index (χ3n) is 5.65. The SMILES string of the molecule is Cc1ccn2cc(-c3ccc(C)c(NC(=O)c4ccc(-c5ccccc5)cc4)c3)nc2c1. The average molecular weight is 418 g/mol. The molecule has 0 saturated carbocycles. The Bertz CT molecular complexity index is 1420. The number of amides is 1. The van der Waals surface area contributed by atoms with Crippen molar-refractivity contribution in [1.82, 2.24) is 9.38 Å². The number of carbonyl (C=O) groups is 1. The summed E-state index contributed by atoms with van der Waals surface area (Å²) in [6.07, 6.45) is 4.02. The van der Waals surface area contributed by atoms with Crippen LogP contribution in [0.3, 0.4) is 0 Å². The number of aryl methyl sites for hydroxylation is 2. The predicted octanol–water partition coefficient (Wildman–Crippen LogP) is 6.54. The Hall–Kier alpha value is -4.18. The number of carbonyl (C=O) groups excluding carboxylic acids is 1. The van der Waals surface area contributed by atoms with Crippen LogP contribution < -0.4 is 5.32 Å². The number of imidazole rings is 1. The van der Waals surface area contributed by atoms with E-state index >= 15 is 0 Å². The molecule has 0 atom stereocenters. The van der Waals surface area contributed by atoms with Gasteiger partial charge in [0.2, 0.25) is 0 Å². The summed E-state index contributed by atoms with van der Waals surface area (Å²) >= 11 is 0. The molecular formula is C28H23N3O. The topological polar surface area (TPSA) is 46.4 Å². The van der Waals surface area contributed by atoms with Gasteiger partial charge in [-0.25, -0.2) is 4.98 Å². The number of pyridine rings is 1. The van der Waals surface area contributed by atoms with Crippen molar-refractivity contribution in [2.75, 3.05) is 5.32 Å². The van der Waals surface area contributed by atoms with Crippen LogP contribution in [0.4, 0.5) is 5.69 Å². The van der Waals surface area contributed by atoms with Crippen molar-refractivity contribution >= 4 is 17.2 Å². The molecule has 0 bridgehead atoms. The van der Waals surface area contributed by atoms with E-state index in [1.165, 1.54) is 5.56 Å². The Labute approximate surface area is 187 Å². The van der Waals surface area contributed by atoms with Gasteiger partial charge in [0.15, 0.2) is 0 Å². The lowest BCUT2D eigenvalue weighted by atomic mass is 10.0. The molecule has 2 heterocycles. The molecule has 0 aliphatic carbocycles. The lowest BCUT2D eigenvalue weighted by Crippen LogP contribution is -2.12. The van der Waals surface area contributed by atoms with E-state index in [-0.39, 0.29) is 5.91 Å². The average Bonchev–Trinajstić information content (AvgIpc) is 3.24. The Morgan fingerprint density at radius 3 is 2.31 bits per heavy atom. The van der Waals surface area contributed by atoms with Gasteiger partial charge < -0.3 is 9.72 Å². The first-order valence-corrected chi connectivity index (χ1v) is 10.6. The second-order valence-corrected chi connectivity index (χ2v) is 8.02. The van der Waals surface area contributed by atoms with Crippen LogP contribution >= 0.6 is 0 Å². The van der Waals surface area contributed by atoms with Crippen molar-refractivity contribution in [1.29, 1.82) is 0 Å². The smallest absolute Gasteiger partial charge is 0.255 e. The van der Waals surface area contributed by atoms with Crippen LogP contribution in [0.15, 0.2) is 97.3 Å². The van der Waals surface area contributed by atoms with Crippen molar-refractivity contribution < 1.29 is 4.79 Å². The van der Waals surface area contributed by atoms with Gasteiger partial charge in [-0.3, -0.25) is 4.79 Å². The van der Waals surface area contributed by atoms with E-state index in [1.807, 2.05) is 84.4 Å². The van der Waals surface area contributed by atoms with Crippen molar-refractivity contribution in [3.05, 3.63) is 114 Å². The van der Waals surface area contributed by atoms with Crippen LogP contribution in [0, 0.1) is 13.8 Å². The fraction of sp³-hybridized carbons (Fsp3) is 0.0714. The Balaban J connectivity index is 1.39. The van der Waals surface area contributed by atoms with Crippen molar-refractivity contribution in [2.45, 2.75) is 13.8 Å². The van der Waals surface area contributed by atoms with E-state index in [9.17, 15) is 4.79 Å². The summed E-state index contributed by atoms with van der Waals surface area (Å²) in [6.45, 7) is 4.05. The van der Waals surface area contributed by atoms with Crippen molar-refractivity contribution in [2.24, 2.45) is 0 Å². The Morgan fingerprint density at radius 2 is 1.53 bits per heavy atom. The second kappa shape index (κ2) is 8.16.